The van der Waals surface area contributed by atoms with Gasteiger partial charge in [-0.1, -0.05) is 0 Å². The maximum absolute atomic E-state index is 13.7. The second-order valence-electron chi connectivity index (χ2n) is 7.48. The van der Waals surface area contributed by atoms with Crippen molar-refractivity contribution in [2.75, 3.05) is 61.7 Å². The van der Waals surface area contributed by atoms with Crippen molar-refractivity contribution in [3.8, 4) is 11.4 Å². The molecule has 31 heavy (non-hydrogen) atoms. The number of nitrogens with zero attached hydrogens (tertiary/aromatic N) is 6. The normalized spacial score (nSPS) is 22.2. The highest BCUT2D eigenvalue weighted by atomic mass is 19.3. The smallest absolute Gasteiger partial charge is 0.264 e. The number of hydrogen-bond acceptors (Lipinski definition) is 10. The Morgan fingerprint density at radius 2 is 1.81 bits per heavy atom. The minimum Gasteiger partial charge on any atom is -0.394 e. The third-order valence-electron chi connectivity index (χ3n) is 5.36. The van der Waals surface area contributed by atoms with Gasteiger partial charge < -0.3 is 30.1 Å². The number of anilines is 3. The number of aromatic nitrogens is 4. The van der Waals surface area contributed by atoms with E-state index in [4.69, 9.17) is 15.2 Å². The lowest BCUT2D eigenvalue weighted by molar-refractivity contribution is 0.0717. The van der Waals surface area contributed by atoms with E-state index in [1.807, 2.05) is 16.7 Å². The summed E-state index contributed by atoms with van der Waals surface area (Å²) in [7, 11) is 0. The zero-order chi connectivity index (χ0) is 22.0. The molecule has 12 heteroatoms. The average Bonchev–Trinajstić information content (AvgIpc) is 2.79. The van der Waals surface area contributed by atoms with Gasteiger partial charge in [0.2, 0.25) is 11.9 Å². The first-order chi connectivity index (χ1) is 15.0. The van der Waals surface area contributed by atoms with Crippen LogP contribution in [0.4, 0.5) is 26.5 Å². The number of aliphatic hydroxyl groups is 1. The van der Waals surface area contributed by atoms with Crippen LogP contribution in [0.2, 0.25) is 0 Å². The number of aliphatic hydroxyl groups excluding tert-OH is 1. The third kappa shape index (κ3) is 4.50. The zero-order valence-electron chi connectivity index (χ0n) is 17.1. The fourth-order valence-corrected chi connectivity index (χ4v) is 3.68. The van der Waals surface area contributed by atoms with Crippen molar-refractivity contribution in [3.63, 3.8) is 0 Å². The summed E-state index contributed by atoms with van der Waals surface area (Å²) in [6, 6.07) is 0.776. The Labute approximate surface area is 178 Å². The van der Waals surface area contributed by atoms with Crippen molar-refractivity contribution in [2.24, 2.45) is 0 Å². The van der Waals surface area contributed by atoms with Crippen LogP contribution in [0.5, 0.6) is 0 Å². The Bertz CT molecular complexity index is 920. The summed E-state index contributed by atoms with van der Waals surface area (Å²) in [5, 5.41) is 9.77. The quantitative estimate of drug-likeness (QED) is 0.697. The molecule has 168 valence electrons. The van der Waals surface area contributed by atoms with Gasteiger partial charge in [-0.2, -0.15) is 15.0 Å². The van der Waals surface area contributed by atoms with Gasteiger partial charge in [0.15, 0.2) is 5.82 Å². The lowest BCUT2D eigenvalue weighted by atomic mass is 10.1. The lowest BCUT2D eigenvalue weighted by Crippen LogP contribution is -2.49. The van der Waals surface area contributed by atoms with Gasteiger partial charge in [-0.15, -0.1) is 0 Å². The molecule has 0 aliphatic carbocycles. The summed E-state index contributed by atoms with van der Waals surface area (Å²) >= 11 is 0. The van der Waals surface area contributed by atoms with Gasteiger partial charge in [-0.25, -0.2) is 13.8 Å². The monoisotopic (exact) mass is 437 g/mol. The highest BCUT2D eigenvalue weighted by molar-refractivity contribution is 5.64. The van der Waals surface area contributed by atoms with Crippen LogP contribution < -0.4 is 15.5 Å². The van der Waals surface area contributed by atoms with Crippen LogP contribution in [0, 0.1) is 0 Å². The number of halogens is 2. The summed E-state index contributed by atoms with van der Waals surface area (Å²) in [5.74, 6) is 0.711. The molecule has 0 spiro atoms. The molecule has 2 aromatic heterocycles. The molecule has 2 aliphatic rings. The van der Waals surface area contributed by atoms with E-state index < -0.39 is 6.43 Å². The van der Waals surface area contributed by atoms with Crippen LogP contribution in [-0.4, -0.2) is 83.3 Å². The Morgan fingerprint density at radius 3 is 2.48 bits per heavy atom. The van der Waals surface area contributed by atoms with Crippen LogP contribution >= 0.6 is 0 Å². The Balaban J connectivity index is 1.84. The number of nitrogens with two attached hydrogens (primary N) is 1. The molecule has 3 N–H and O–H groups in total. The van der Waals surface area contributed by atoms with E-state index in [0.29, 0.717) is 45.5 Å². The number of rotatable bonds is 5. The van der Waals surface area contributed by atoms with Crippen LogP contribution in [0.15, 0.2) is 12.3 Å². The van der Waals surface area contributed by atoms with Gasteiger partial charge in [0.25, 0.3) is 6.43 Å². The van der Waals surface area contributed by atoms with Crippen LogP contribution in [-0.2, 0) is 9.47 Å². The second kappa shape index (κ2) is 9.20. The number of alkyl halides is 2. The molecule has 0 saturated carbocycles. The van der Waals surface area contributed by atoms with Crippen molar-refractivity contribution >= 4 is 17.7 Å². The van der Waals surface area contributed by atoms with Gasteiger partial charge in [0.1, 0.15) is 5.82 Å². The van der Waals surface area contributed by atoms with E-state index in [9.17, 15) is 13.9 Å². The summed E-state index contributed by atoms with van der Waals surface area (Å²) in [6.07, 6.45) is -1.52. The topological polar surface area (TPSA) is 123 Å². The highest BCUT2D eigenvalue weighted by Gasteiger charge is 2.29. The van der Waals surface area contributed by atoms with Gasteiger partial charge >= 0.3 is 0 Å². The van der Waals surface area contributed by atoms with Gasteiger partial charge in [0, 0.05) is 30.4 Å². The van der Waals surface area contributed by atoms with E-state index in [1.54, 1.807) is 0 Å². The van der Waals surface area contributed by atoms with E-state index in [0.717, 1.165) is 6.07 Å². The fourth-order valence-electron chi connectivity index (χ4n) is 3.68. The second-order valence-corrected chi connectivity index (χ2v) is 7.48. The van der Waals surface area contributed by atoms with E-state index >= 15 is 0 Å². The number of pyridine rings is 1. The zero-order valence-corrected chi connectivity index (χ0v) is 17.1. The average molecular weight is 437 g/mol. The molecule has 4 heterocycles. The SMILES string of the molecule is C[C@@H]1COCCN1c1nc(-c2cnc(N)cc2C(F)F)nc(N2CCOC[C@@H]2CO)n1. The predicted molar refractivity (Wildman–Crippen MR) is 109 cm³/mol. The van der Waals surface area contributed by atoms with Crippen LogP contribution in [0.3, 0.4) is 0 Å². The molecule has 2 aliphatic heterocycles. The largest absolute Gasteiger partial charge is 0.394 e. The summed E-state index contributed by atoms with van der Waals surface area (Å²) in [6.45, 7) is 4.58. The van der Waals surface area contributed by atoms with Crippen molar-refractivity contribution in [2.45, 2.75) is 25.4 Å². The maximum atomic E-state index is 13.7. The van der Waals surface area contributed by atoms with Crippen LogP contribution in [0.1, 0.15) is 18.9 Å². The minimum absolute atomic E-state index is 0.00529. The van der Waals surface area contributed by atoms with E-state index in [2.05, 4.69) is 19.9 Å². The lowest BCUT2D eigenvalue weighted by Gasteiger charge is -2.36. The summed E-state index contributed by atoms with van der Waals surface area (Å²) < 4.78 is 38.4. The Morgan fingerprint density at radius 1 is 1.13 bits per heavy atom. The fraction of sp³-hybridized carbons (Fsp3) is 0.579. The number of ether oxygens (including phenoxy) is 2. The van der Waals surface area contributed by atoms with Gasteiger partial charge in [-0.3, -0.25) is 0 Å². The van der Waals surface area contributed by atoms with Crippen molar-refractivity contribution < 1.29 is 23.4 Å². The maximum Gasteiger partial charge on any atom is 0.264 e. The third-order valence-corrected chi connectivity index (χ3v) is 5.36. The molecule has 2 atom stereocenters. The molecular weight excluding hydrogens is 412 g/mol. The molecule has 0 bridgehead atoms. The molecule has 0 amide bonds. The Kier molecular flexibility index (Phi) is 6.39. The first kappa shape index (κ1) is 21.5. The number of hydrogen-bond donors (Lipinski definition) is 2. The molecule has 0 radical (unpaired) electrons. The molecule has 10 nitrogen and oxygen atoms in total. The van der Waals surface area contributed by atoms with Crippen LogP contribution in [0.25, 0.3) is 11.4 Å². The minimum atomic E-state index is -2.78. The van der Waals surface area contributed by atoms with Crippen molar-refractivity contribution in [1.82, 2.24) is 19.9 Å². The molecule has 2 fully saturated rings. The summed E-state index contributed by atoms with van der Waals surface area (Å²) in [5.41, 5.74) is 5.41. The van der Waals surface area contributed by atoms with Gasteiger partial charge in [-0.05, 0) is 13.0 Å². The summed E-state index contributed by atoms with van der Waals surface area (Å²) in [4.78, 5) is 21.4. The van der Waals surface area contributed by atoms with E-state index in [-0.39, 0.29) is 47.4 Å². The number of nitrogen functional groups attached to an aromatic ring is 1. The molecule has 0 aromatic carbocycles. The molecular formula is C19H25F2N7O3. The standard InChI is InChI=1S/C19H25F2N7O3/c1-11-9-30-4-2-27(11)18-24-17(14-7-23-15(22)6-13(14)16(20)21)25-19(26-18)28-3-5-31-10-12(28)8-29/h6-7,11-12,16,29H,2-5,8-10H2,1H3,(H2,22,23)/t11-,12+/m1/s1. The first-order valence-corrected chi connectivity index (χ1v) is 10.1. The van der Waals surface area contributed by atoms with Crippen molar-refractivity contribution in [1.29, 1.82) is 0 Å². The molecule has 0 unspecified atom stereocenters. The highest BCUT2D eigenvalue weighted by Crippen LogP contribution is 2.32. The van der Waals surface area contributed by atoms with Crippen molar-refractivity contribution in [3.05, 3.63) is 17.8 Å². The molecule has 2 aromatic rings. The predicted octanol–water partition coefficient (Wildman–Crippen LogP) is 0.876. The van der Waals surface area contributed by atoms with E-state index in [1.165, 1.54) is 6.20 Å². The molecule has 2 saturated heterocycles. The Hall–Kier alpha value is -2.70. The molecule has 4 rings (SSSR count). The van der Waals surface area contributed by atoms with Gasteiger partial charge in [0.05, 0.1) is 45.1 Å². The number of morpholine rings is 2. The first-order valence-electron chi connectivity index (χ1n) is 10.1.